The number of aromatic nitrogens is 1. The normalized spacial score (nSPS) is 11.6. The van der Waals surface area contributed by atoms with Crippen LogP contribution in [0.3, 0.4) is 0 Å². The predicted octanol–water partition coefficient (Wildman–Crippen LogP) is 3.21. The Hall–Kier alpha value is -3.90. The third kappa shape index (κ3) is 4.20. The van der Waals surface area contributed by atoms with Gasteiger partial charge in [-0.3, -0.25) is 9.59 Å². The Kier molecular flexibility index (Phi) is 5.82. The van der Waals surface area contributed by atoms with Crippen LogP contribution in [0.1, 0.15) is 15.9 Å². The lowest BCUT2D eigenvalue weighted by Gasteiger charge is -2.11. The van der Waals surface area contributed by atoms with Gasteiger partial charge in [-0.05, 0) is 42.0 Å². The minimum Gasteiger partial charge on any atom is -0.395 e. The molecule has 0 aliphatic rings. The summed E-state index contributed by atoms with van der Waals surface area (Å²) in [5.74, 6) is -0.839. The SMILES string of the molecule is Cn1c2ccccc2c2cc(/C=C(/NC(=O)c3ccccc3)C(=O)NCCO)ccc21. The Balaban J connectivity index is 1.74. The Morgan fingerprint density at radius 1 is 0.935 bits per heavy atom. The highest BCUT2D eigenvalue weighted by Crippen LogP contribution is 2.29. The minimum atomic E-state index is -0.462. The molecule has 0 saturated carbocycles. The van der Waals surface area contributed by atoms with E-state index in [1.165, 1.54) is 0 Å². The number of carbonyl (C=O) groups excluding carboxylic acids is 2. The van der Waals surface area contributed by atoms with Gasteiger partial charge in [0.15, 0.2) is 0 Å². The lowest BCUT2D eigenvalue weighted by molar-refractivity contribution is -0.117. The molecule has 156 valence electrons. The molecular weight excluding hydrogens is 390 g/mol. The monoisotopic (exact) mass is 413 g/mol. The molecule has 0 bridgehead atoms. The standard InChI is InChI=1S/C25H23N3O3/c1-28-22-10-6-5-9-19(22)20-15-17(11-12-23(20)28)16-21(25(31)26-13-14-29)27-24(30)18-7-3-2-4-8-18/h2-12,15-16,29H,13-14H2,1H3,(H,26,31)(H,27,30)/b21-16+. The summed E-state index contributed by atoms with van der Waals surface area (Å²) in [6, 6.07) is 22.8. The Morgan fingerprint density at radius 3 is 2.42 bits per heavy atom. The molecule has 2 amide bonds. The van der Waals surface area contributed by atoms with Crippen LogP contribution in [0.25, 0.3) is 27.9 Å². The molecule has 4 rings (SSSR count). The molecule has 1 aromatic heterocycles. The quantitative estimate of drug-likeness (QED) is 0.425. The van der Waals surface area contributed by atoms with Crippen molar-refractivity contribution in [1.82, 2.24) is 15.2 Å². The van der Waals surface area contributed by atoms with Crippen molar-refractivity contribution in [3.8, 4) is 0 Å². The fourth-order valence-corrected chi connectivity index (χ4v) is 3.65. The molecule has 0 aliphatic carbocycles. The zero-order chi connectivity index (χ0) is 21.8. The molecule has 0 unspecified atom stereocenters. The maximum atomic E-state index is 12.6. The summed E-state index contributed by atoms with van der Waals surface area (Å²) in [6.07, 6.45) is 1.65. The number of hydrogen-bond donors (Lipinski definition) is 3. The largest absolute Gasteiger partial charge is 0.395 e. The number of benzene rings is 3. The third-order valence-electron chi connectivity index (χ3n) is 5.17. The van der Waals surface area contributed by atoms with Crippen LogP contribution in [-0.2, 0) is 11.8 Å². The van der Waals surface area contributed by atoms with E-state index in [0.717, 1.165) is 27.4 Å². The van der Waals surface area contributed by atoms with E-state index in [1.54, 1.807) is 30.3 Å². The number of amides is 2. The van der Waals surface area contributed by atoms with Gasteiger partial charge in [0, 0.05) is 41.0 Å². The number of fused-ring (bicyclic) bond motifs is 3. The summed E-state index contributed by atoms with van der Waals surface area (Å²) >= 11 is 0. The van der Waals surface area contributed by atoms with Gasteiger partial charge in [0.25, 0.3) is 11.8 Å². The lowest BCUT2D eigenvalue weighted by atomic mass is 10.1. The molecule has 0 aliphatic heterocycles. The number of aryl methyl sites for hydroxylation is 1. The first-order valence-electron chi connectivity index (χ1n) is 10.0. The average molecular weight is 413 g/mol. The first kappa shape index (κ1) is 20.4. The molecule has 1 heterocycles. The average Bonchev–Trinajstić information content (AvgIpc) is 3.09. The molecular formula is C25H23N3O3. The van der Waals surface area contributed by atoms with Crippen molar-refractivity contribution >= 4 is 39.7 Å². The molecule has 0 spiro atoms. The fraction of sp³-hybridized carbons (Fsp3) is 0.120. The van der Waals surface area contributed by atoms with Crippen molar-refractivity contribution < 1.29 is 14.7 Å². The van der Waals surface area contributed by atoms with Gasteiger partial charge in [0.1, 0.15) is 5.70 Å². The van der Waals surface area contributed by atoms with Crippen LogP contribution in [0.15, 0.2) is 78.5 Å². The molecule has 0 fully saturated rings. The van der Waals surface area contributed by atoms with Gasteiger partial charge in [-0.15, -0.1) is 0 Å². The van der Waals surface area contributed by atoms with Crippen LogP contribution in [0.4, 0.5) is 0 Å². The van der Waals surface area contributed by atoms with E-state index in [2.05, 4.69) is 27.3 Å². The second-order valence-corrected chi connectivity index (χ2v) is 7.21. The minimum absolute atomic E-state index is 0.0970. The van der Waals surface area contributed by atoms with E-state index >= 15 is 0 Å². The zero-order valence-corrected chi connectivity index (χ0v) is 17.1. The van der Waals surface area contributed by atoms with Crippen LogP contribution < -0.4 is 10.6 Å². The number of aliphatic hydroxyl groups is 1. The van der Waals surface area contributed by atoms with Crippen LogP contribution in [0, 0.1) is 0 Å². The van der Waals surface area contributed by atoms with Crippen molar-refractivity contribution in [3.05, 3.63) is 89.6 Å². The molecule has 4 aromatic rings. The number of rotatable bonds is 6. The molecule has 0 atom stereocenters. The summed E-state index contributed by atoms with van der Waals surface area (Å²) in [5.41, 5.74) is 3.55. The molecule has 3 aromatic carbocycles. The highest BCUT2D eigenvalue weighted by molar-refractivity contribution is 6.09. The second-order valence-electron chi connectivity index (χ2n) is 7.21. The zero-order valence-electron chi connectivity index (χ0n) is 17.1. The second kappa shape index (κ2) is 8.85. The van der Waals surface area contributed by atoms with Gasteiger partial charge in [0.05, 0.1) is 6.61 Å². The van der Waals surface area contributed by atoms with E-state index in [-0.39, 0.29) is 24.8 Å². The first-order chi connectivity index (χ1) is 15.1. The van der Waals surface area contributed by atoms with Gasteiger partial charge in [0.2, 0.25) is 0 Å². The predicted molar refractivity (Wildman–Crippen MR) is 122 cm³/mol. The summed E-state index contributed by atoms with van der Waals surface area (Å²) in [6.45, 7) is -0.0899. The Bertz CT molecular complexity index is 1290. The van der Waals surface area contributed by atoms with E-state index in [1.807, 2.05) is 43.4 Å². The van der Waals surface area contributed by atoms with Crippen molar-refractivity contribution in [1.29, 1.82) is 0 Å². The number of aliphatic hydroxyl groups excluding tert-OH is 1. The number of para-hydroxylation sites is 1. The van der Waals surface area contributed by atoms with Gasteiger partial charge in [-0.1, -0.05) is 42.5 Å². The molecule has 0 radical (unpaired) electrons. The van der Waals surface area contributed by atoms with Gasteiger partial charge in [-0.2, -0.15) is 0 Å². The Labute approximate surface area is 179 Å². The Morgan fingerprint density at radius 2 is 1.65 bits per heavy atom. The maximum Gasteiger partial charge on any atom is 0.267 e. The molecule has 6 nitrogen and oxygen atoms in total. The highest BCUT2D eigenvalue weighted by atomic mass is 16.3. The van der Waals surface area contributed by atoms with E-state index in [4.69, 9.17) is 5.11 Å². The van der Waals surface area contributed by atoms with Crippen molar-refractivity contribution in [2.75, 3.05) is 13.2 Å². The summed E-state index contributed by atoms with van der Waals surface area (Å²) in [5, 5.41) is 16.5. The number of nitrogens with one attached hydrogen (secondary N) is 2. The molecule has 0 saturated heterocycles. The molecule has 31 heavy (non-hydrogen) atoms. The van der Waals surface area contributed by atoms with E-state index < -0.39 is 5.91 Å². The van der Waals surface area contributed by atoms with Crippen molar-refractivity contribution in [3.63, 3.8) is 0 Å². The molecule has 3 N–H and O–H groups in total. The lowest BCUT2D eigenvalue weighted by Crippen LogP contribution is -2.36. The third-order valence-corrected chi connectivity index (χ3v) is 5.17. The maximum absolute atomic E-state index is 12.6. The summed E-state index contributed by atoms with van der Waals surface area (Å²) in [7, 11) is 2.02. The smallest absolute Gasteiger partial charge is 0.267 e. The number of nitrogens with zero attached hydrogens (tertiary/aromatic N) is 1. The first-order valence-corrected chi connectivity index (χ1v) is 10.0. The van der Waals surface area contributed by atoms with E-state index in [9.17, 15) is 9.59 Å². The van der Waals surface area contributed by atoms with Crippen molar-refractivity contribution in [2.24, 2.45) is 7.05 Å². The summed E-state index contributed by atoms with van der Waals surface area (Å²) < 4.78 is 2.13. The van der Waals surface area contributed by atoms with Crippen LogP contribution >= 0.6 is 0 Å². The number of hydrogen-bond acceptors (Lipinski definition) is 3. The molecule has 6 heteroatoms. The van der Waals surface area contributed by atoms with Gasteiger partial charge >= 0.3 is 0 Å². The van der Waals surface area contributed by atoms with Crippen LogP contribution in [0.2, 0.25) is 0 Å². The van der Waals surface area contributed by atoms with E-state index in [0.29, 0.717) is 5.56 Å². The van der Waals surface area contributed by atoms with Crippen LogP contribution in [0.5, 0.6) is 0 Å². The van der Waals surface area contributed by atoms with Gasteiger partial charge in [-0.25, -0.2) is 0 Å². The fourth-order valence-electron chi connectivity index (χ4n) is 3.65. The number of carbonyl (C=O) groups is 2. The van der Waals surface area contributed by atoms with Crippen LogP contribution in [-0.4, -0.2) is 34.6 Å². The summed E-state index contributed by atoms with van der Waals surface area (Å²) in [4.78, 5) is 25.3. The topological polar surface area (TPSA) is 83.4 Å². The van der Waals surface area contributed by atoms with Crippen molar-refractivity contribution in [2.45, 2.75) is 0 Å². The highest BCUT2D eigenvalue weighted by Gasteiger charge is 2.15. The van der Waals surface area contributed by atoms with Gasteiger partial charge < -0.3 is 20.3 Å².